The normalized spacial score (nSPS) is 14.4. The van der Waals surface area contributed by atoms with Gasteiger partial charge in [-0.1, -0.05) is 297 Å². The third-order valence-corrected chi connectivity index (χ3v) is 15.5. The minimum Gasteiger partial charge on any atom is -0.387 e. The minimum absolute atomic E-state index is 0.0483. The van der Waals surface area contributed by atoms with E-state index in [1.165, 1.54) is 167 Å². The summed E-state index contributed by atoms with van der Waals surface area (Å²) in [6.45, 7) is 4.69. The summed E-state index contributed by atoms with van der Waals surface area (Å²) in [6.07, 6.45) is 89.4. The Labute approximate surface area is 495 Å². The molecule has 0 saturated heterocycles. The summed E-state index contributed by atoms with van der Waals surface area (Å²) in [6, 6.07) is -0.879. The van der Waals surface area contributed by atoms with Gasteiger partial charge in [-0.15, -0.1) is 0 Å². The van der Waals surface area contributed by atoms with E-state index >= 15 is 0 Å². The van der Waals surface area contributed by atoms with E-state index < -0.39 is 20.0 Å². The molecule has 0 aromatic heterocycles. The number of rotatable bonds is 60. The number of carbonyl (C=O) groups is 1. The van der Waals surface area contributed by atoms with Gasteiger partial charge in [0.05, 0.1) is 39.9 Å². The standard InChI is InChI=1S/C71H127N2O6P/c1-6-8-10-12-14-16-18-20-22-24-26-28-30-32-34-36-38-40-42-44-46-48-50-52-54-56-58-60-62-64-70(74)69(68-79-80(76,77)78-67-66-73(3,4)5)72-71(75)65-63-61-59-57-55-53-51-49-47-45-43-41-39-37-35-33-31-29-27-25-23-21-19-17-15-13-11-9-7-2/h9,11,15,17,21,23,27,29,33,35,39,41,45,47,54,56,62,64,69-70,74H,6-8,10,12-14,16,18-20,22,24-26,28,30-32,34,36-38,40,42-44,46,48-53,55,57-61,63,65-68H2,1-5H3,(H-,72,75,76,77)/p+1/b11-9-,17-15-,23-21-,29-27-,35-33-,41-39-,47-45-,56-54+,64-62+. The fourth-order valence-corrected chi connectivity index (χ4v) is 10.1. The van der Waals surface area contributed by atoms with Gasteiger partial charge in [0, 0.05) is 6.42 Å². The smallest absolute Gasteiger partial charge is 0.387 e. The number of allylic oxidation sites excluding steroid dienone is 17. The Morgan fingerprint density at radius 1 is 0.438 bits per heavy atom. The van der Waals surface area contributed by atoms with Crippen LogP contribution in [0.2, 0.25) is 0 Å². The van der Waals surface area contributed by atoms with Crippen molar-refractivity contribution in [1.82, 2.24) is 5.32 Å². The van der Waals surface area contributed by atoms with Crippen molar-refractivity contribution in [3.8, 4) is 0 Å². The molecule has 0 heterocycles. The number of hydrogen-bond donors (Lipinski definition) is 3. The highest BCUT2D eigenvalue weighted by molar-refractivity contribution is 7.47. The maximum atomic E-state index is 13.0. The molecule has 462 valence electrons. The van der Waals surface area contributed by atoms with Crippen molar-refractivity contribution in [2.45, 2.75) is 296 Å². The molecular weight excluding hydrogens is 1010 g/mol. The first-order valence-corrected chi connectivity index (χ1v) is 34.8. The lowest BCUT2D eigenvalue weighted by Crippen LogP contribution is -2.45. The lowest BCUT2D eigenvalue weighted by molar-refractivity contribution is -0.870. The molecule has 0 rings (SSSR count). The van der Waals surface area contributed by atoms with Crippen molar-refractivity contribution in [1.29, 1.82) is 0 Å². The van der Waals surface area contributed by atoms with E-state index in [9.17, 15) is 19.4 Å². The molecular formula is C71H128N2O6P+. The molecule has 80 heavy (non-hydrogen) atoms. The number of aliphatic hydroxyl groups is 1. The number of phosphoric acid groups is 1. The van der Waals surface area contributed by atoms with Crippen LogP contribution in [0.3, 0.4) is 0 Å². The quantitative estimate of drug-likeness (QED) is 0.0243. The molecule has 3 atom stereocenters. The molecule has 0 aliphatic heterocycles. The summed E-state index contributed by atoms with van der Waals surface area (Å²) < 4.78 is 23.8. The van der Waals surface area contributed by atoms with Crippen molar-refractivity contribution in [2.75, 3.05) is 40.9 Å². The molecule has 0 saturated carbocycles. The van der Waals surface area contributed by atoms with Crippen LogP contribution in [0.4, 0.5) is 0 Å². The van der Waals surface area contributed by atoms with E-state index in [-0.39, 0.29) is 19.1 Å². The second-order valence-corrected chi connectivity index (χ2v) is 24.9. The average molecular weight is 1140 g/mol. The van der Waals surface area contributed by atoms with Gasteiger partial charge in [-0.2, -0.15) is 0 Å². The number of hydrogen-bond acceptors (Lipinski definition) is 5. The summed E-state index contributed by atoms with van der Waals surface area (Å²) in [5.41, 5.74) is 0. The highest BCUT2D eigenvalue weighted by Gasteiger charge is 2.27. The van der Waals surface area contributed by atoms with Gasteiger partial charge >= 0.3 is 7.82 Å². The van der Waals surface area contributed by atoms with Crippen molar-refractivity contribution < 1.29 is 32.9 Å². The Morgan fingerprint density at radius 2 is 0.762 bits per heavy atom. The Hall–Kier alpha value is -2.84. The van der Waals surface area contributed by atoms with Crippen molar-refractivity contribution in [2.24, 2.45) is 0 Å². The molecule has 8 nitrogen and oxygen atoms in total. The van der Waals surface area contributed by atoms with Gasteiger partial charge in [-0.25, -0.2) is 4.57 Å². The van der Waals surface area contributed by atoms with E-state index in [0.29, 0.717) is 17.4 Å². The van der Waals surface area contributed by atoms with Crippen LogP contribution in [0.15, 0.2) is 109 Å². The van der Waals surface area contributed by atoms with Gasteiger partial charge in [0.15, 0.2) is 0 Å². The van der Waals surface area contributed by atoms with Crippen molar-refractivity contribution in [3.05, 3.63) is 109 Å². The summed E-state index contributed by atoms with van der Waals surface area (Å²) >= 11 is 0. The lowest BCUT2D eigenvalue weighted by atomic mass is 10.0. The van der Waals surface area contributed by atoms with E-state index in [0.717, 1.165) is 96.3 Å². The Balaban J connectivity index is 4.22. The Bertz CT molecular complexity index is 1670. The first-order valence-electron chi connectivity index (χ1n) is 33.3. The number of aliphatic hydroxyl groups excluding tert-OH is 1. The molecule has 3 unspecified atom stereocenters. The first kappa shape index (κ1) is 77.2. The zero-order chi connectivity index (χ0) is 58.4. The van der Waals surface area contributed by atoms with Crippen LogP contribution < -0.4 is 5.32 Å². The fourth-order valence-electron chi connectivity index (χ4n) is 9.33. The van der Waals surface area contributed by atoms with Gasteiger partial charge in [-0.05, 0) is 89.9 Å². The maximum Gasteiger partial charge on any atom is 0.472 e. The highest BCUT2D eigenvalue weighted by atomic mass is 31.2. The zero-order valence-electron chi connectivity index (χ0n) is 52.8. The predicted molar refractivity (Wildman–Crippen MR) is 350 cm³/mol. The molecule has 9 heteroatoms. The number of nitrogens with zero attached hydrogens (tertiary/aromatic N) is 1. The van der Waals surface area contributed by atoms with Gasteiger partial charge in [0.1, 0.15) is 13.2 Å². The Kier molecular flexibility index (Phi) is 58.6. The molecule has 0 radical (unpaired) electrons. The van der Waals surface area contributed by atoms with Crippen LogP contribution in [0.1, 0.15) is 284 Å². The number of quaternary nitrogens is 1. The van der Waals surface area contributed by atoms with Crippen LogP contribution >= 0.6 is 7.82 Å². The minimum atomic E-state index is -4.37. The van der Waals surface area contributed by atoms with Crippen LogP contribution in [-0.2, 0) is 18.4 Å². The molecule has 3 N–H and O–H groups in total. The molecule has 0 spiro atoms. The van der Waals surface area contributed by atoms with Gasteiger partial charge in [0.25, 0.3) is 0 Å². The number of carbonyl (C=O) groups excluding carboxylic acids is 1. The van der Waals surface area contributed by atoms with Crippen LogP contribution in [-0.4, -0.2) is 73.4 Å². The second kappa shape index (κ2) is 60.7. The summed E-state index contributed by atoms with van der Waals surface area (Å²) in [7, 11) is 1.54. The number of likely N-dealkylation sites (N-methyl/N-ethyl adjacent to an activating group) is 1. The number of amides is 1. The monoisotopic (exact) mass is 1140 g/mol. The summed E-state index contributed by atoms with van der Waals surface area (Å²) in [4.78, 5) is 23.4. The van der Waals surface area contributed by atoms with E-state index in [1.54, 1.807) is 6.08 Å². The van der Waals surface area contributed by atoms with E-state index in [1.807, 2.05) is 27.2 Å². The largest absolute Gasteiger partial charge is 0.472 e. The second-order valence-electron chi connectivity index (χ2n) is 23.5. The average Bonchev–Trinajstić information content (AvgIpc) is 3.42. The number of nitrogens with one attached hydrogen (secondary N) is 1. The molecule has 0 bridgehead atoms. The maximum absolute atomic E-state index is 13.0. The lowest BCUT2D eigenvalue weighted by Gasteiger charge is -2.25. The molecule has 0 aromatic rings. The summed E-state index contributed by atoms with van der Waals surface area (Å²) in [5, 5.41) is 14.0. The van der Waals surface area contributed by atoms with Crippen LogP contribution in [0.25, 0.3) is 0 Å². The number of phosphoric ester groups is 1. The third-order valence-electron chi connectivity index (χ3n) is 14.5. The van der Waals surface area contributed by atoms with Gasteiger partial charge in [0.2, 0.25) is 5.91 Å². The van der Waals surface area contributed by atoms with Crippen molar-refractivity contribution >= 4 is 13.7 Å². The first-order chi connectivity index (χ1) is 39.0. The molecule has 0 fully saturated rings. The molecule has 0 aromatic carbocycles. The SMILES string of the molecule is CC/C=C\C/C=C\C/C=C\C/C=C\C/C=C\C/C=C\C/C=C\CCCCCCCCCC(=O)NC(COP(=O)(O)OCC[N+](C)(C)C)C(O)/C=C/CC/C=C/CCCCCCCCCCCCCCCCCCCCCCCCC. The van der Waals surface area contributed by atoms with E-state index in [2.05, 4.69) is 116 Å². The zero-order valence-corrected chi connectivity index (χ0v) is 53.7. The van der Waals surface area contributed by atoms with Gasteiger partial charge < -0.3 is 19.8 Å². The molecule has 1 amide bonds. The predicted octanol–water partition coefficient (Wildman–Crippen LogP) is 21.1. The van der Waals surface area contributed by atoms with Gasteiger partial charge in [-0.3, -0.25) is 13.8 Å². The fraction of sp³-hybridized carbons (Fsp3) is 0.732. The topological polar surface area (TPSA) is 105 Å². The summed E-state index contributed by atoms with van der Waals surface area (Å²) in [5.74, 6) is -0.200. The van der Waals surface area contributed by atoms with Crippen molar-refractivity contribution in [3.63, 3.8) is 0 Å². The highest BCUT2D eigenvalue weighted by Crippen LogP contribution is 2.43. The molecule has 0 aliphatic carbocycles. The van der Waals surface area contributed by atoms with Crippen LogP contribution in [0, 0.1) is 0 Å². The Morgan fingerprint density at radius 3 is 1.15 bits per heavy atom. The molecule has 0 aliphatic rings. The van der Waals surface area contributed by atoms with Crippen LogP contribution in [0.5, 0.6) is 0 Å². The number of unbranched alkanes of at least 4 members (excludes halogenated alkanes) is 31. The third kappa shape index (κ3) is 62.8. The van der Waals surface area contributed by atoms with E-state index in [4.69, 9.17) is 9.05 Å².